The van der Waals surface area contributed by atoms with Crippen LogP contribution in [-0.2, 0) is 6.18 Å². The zero-order valence-corrected chi connectivity index (χ0v) is 10.3. The molecule has 4 heteroatoms. The highest BCUT2D eigenvalue weighted by atomic mass is 19.4. The first-order valence-electron chi connectivity index (χ1n) is 6.11. The smallest absolute Gasteiger partial charge is 0.371 e. The molecule has 0 saturated carbocycles. The van der Waals surface area contributed by atoms with E-state index in [1.54, 1.807) is 12.1 Å². The van der Waals surface area contributed by atoms with Crippen molar-refractivity contribution in [3.63, 3.8) is 0 Å². The van der Waals surface area contributed by atoms with E-state index in [4.69, 9.17) is 0 Å². The second kappa shape index (κ2) is 5.04. The van der Waals surface area contributed by atoms with E-state index in [9.17, 15) is 13.2 Å². The first-order valence-corrected chi connectivity index (χ1v) is 6.11. The Kier molecular flexibility index (Phi) is 3.64. The molecule has 0 N–H and O–H groups in total. The van der Waals surface area contributed by atoms with Gasteiger partial charge in [0.25, 0.3) is 0 Å². The Bertz CT molecular complexity index is 425. The molecule has 1 aliphatic heterocycles. The van der Waals surface area contributed by atoms with Crippen LogP contribution in [0.15, 0.2) is 30.3 Å². The van der Waals surface area contributed by atoms with Crippen LogP contribution in [0.4, 0.5) is 13.2 Å². The molecule has 1 saturated heterocycles. The summed E-state index contributed by atoms with van der Waals surface area (Å²) >= 11 is 0. The third-order valence-electron chi connectivity index (χ3n) is 3.23. The molecule has 1 fully saturated rings. The molecule has 1 nitrogen and oxygen atoms in total. The van der Waals surface area contributed by atoms with Gasteiger partial charge in [-0.3, -0.25) is 0 Å². The minimum Gasteiger partial charge on any atom is -0.371 e. The van der Waals surface area contributed by atoms with E-state index in [0.29, 0.717) is 0 Å². The van der Waals surface area contributed by atoms with Crippen molar-refractivity contribution in [2.24, 2.45) is 0 Å². The van der Waals surface area contributed by atoms with Crippen LogP contribution in [0.25, 0.3) is 5.70 Å². The Labute approximate surface area is 105 Å². The highest BCUT2D eigenvalue weighted by Gasteiger charge is 2.30. The van der Waals surface area contributed by atoms with Gasteiger partial charge < -0.3 is 4.90 Å². The van der Waals surface area contributed by atoms with Crippen molar-refractivity contribution in [2.45, 2.75) is 25.9 Å². The molecule has 0 unspecified atom stereocenters. The molecular weight excluding hydrogens is 239 g/mol. The summed E-state index contributed by atoms with van der Waals surface area (Å²) < 4.78 is 37.4. The lowest BCUT2D eigenvalue weighted by Gasteiger charge is -2.22. The maximum absolute atomic E-state index is 12.5. The summed E-state index contributed by atoms with van der Waals surface area (Å²) in [6.45, 7) is 3.90. The maximum Gasteiger partial charge on any atom is 0.416 e. The number of hydrogen-bond acceptors (Lipinski definition) is 1. The fourth-order valence-electron chi connectivity index (χ4n) is 2.32. The molecule has 0 aliphatic carbocycles. The quantitative estimate of drug-likeness (QED) is 0.767. The molecule has 0 bridgehead atoms. The molecule has 1 aromatic carbocycles. The first kappa shape index (κ1) is 13.0. The van der Waals surface area contributed by atoms with E-state index < -0.39 is 11.7 Å². The number of nitrogens with zero attached hydrogens (tertiary/aromatic N) is 1. The molecule has 0 aromatic heterocycles. The van der Waals surface area contributed by atoms with Crippen LogP contribution in [0.1, 0.15) is 30.9 Å². The number of likely N-dealkylation sites (tertiary alicyclic amines) is 1. The highest BCUT2D eigenvalue weighted by Crippen LogP contribution is 2.31. The summed E-state index contributed by atoms with van der Waals surface area (Å²) in [5.74, 6) is 0. The fourth-order valence-corrected chi connectivity index (χ4v) is 2.32. The van der Waals surface area contributed by atoms with E-state index in [1.807, 2.05) is 13.0 Å². The second-order valence-corrected chi connectivity index (χ2v) is 4.44. The number of rotatable bonds is 2. The molecule has 1 aliphatic rings. The lowest BCUT2D eigenvalue weighted by molar-refractivity contribution is -0.137. The zero-order valence-electron chi connectivity index (χ0n) is 10.3. The Morgan fingerprint density at radius 1 is 1.11 bits per heavy atom. The van der Waals surface area contributed by atoms with Crippen LogP contribution in [0.3, 0.4) is 0 Å². The van der Waals surface area contributed by atoms with Crippen molar-refractivity contribution in [1.29, 1.82) is 0 Å². The number of hydrogen-bond donors (Lipinski definition) is 0. The lowest BCUT2D eigenvalue weighted by Crippen LogP contribution is -2.17. The van der Waals surface area contributed by atoms with Gasteiger partial charge in [0, 0.05) is 18.8 Å². The predicted octanol–water partition coefficient (Wildman–Crippen LogP) is 4.16. The monoisotopic (exact) mass is 255 g/mol. The summed E-state index contributed by atoms with van der Waals surface area (Å²) in [6, 6.07) is 5.40. The normalized spacial score (nSPS) is 17.3. The van der Waals surface area contributed by atoms with Gasteiger partial charge in [-0.1, -0.05) is 18.2 Å². The minimum absolute atomic E-state index is 0.594. The van der Waals surface area contributed by atoms with Crippen molar-refractivity contribution >= 4 is 5.70 Å². The zero-order chi connectivity index (χ0) is 13.2. The maximum atomic E-state index is 12.5. The average Bonchev–Trinajstić information content (AvgIpc) is 2.83. The standard InChI is InChI=1S/C14H16F3N/c1-2-13(18-9-3-4-10-18)11-5-7-12(8-6-11)14(15,16)17/h2,5-8H,3-4,9-10H2,1H3/b13-2+. The number of benzene rings is 1. The Balaban J connectivity index is 2.22. The molecule has 98 valence electrons. The SMILES string of the molecule is C/C=C(\c1ccc(C(F)(F)F)cc1)N1CCCC1. The first-order chi connectivity index (χ1) is 8.52. The third-order valence-corrected chi connectivity index (χ3v) is 3.23. The van der Waals surface area contributed by atoms with Crippen LogP contribution in [0, 0.1) is 0 Å². The van der Waals surface area contributed by atoms with Crippen LogP contribution in [-0.4, -0.2) is 18.0 Å². The highest BCUT2D eigenvalue weighted by molar-refractivity contribution is 5.64. The third kappa shape index (κ3) is 2.68. The summed E-state index contributed by atoms with van der Waals surface area (Å²) in [5, 5.41) is 0. The topological polar surface area (TPSA) is 3.24 Å². The number of halogens is 3. The second-order valence-electron chi connectivity index (χ2n) is 4.44. The number of alkyl halides is 3. The predicted molar refractivity (Wildman–Crippen MR) is 65.9 cm³/mol. The van der Waals surface area contributed by atoms with Gasteiger partial charge in [0.15, 0.2) is 0 Å². The van der Waals surface area contributed by atoms with Gasteiger partial charge in [-0.25, -0.2) is 0 Å². The summed E-state index contributed by atoms with van der Waals surface area (Å²) in [4.78, 5) is 2.22. The Morgan fingerprint density at radius 2 is 1.67 bits per heavy atom. The van der Waals surface area contributed by atoms with Crippen molar-refractivity contribution in [1.82, 2.24) is 4.90 Å². The lowest BCUT2D eigenvalue weighted by atomic mass is 10.1. The summed E-state index contributed by atoms with van der Waals surface area (Å²) in [5.41, 5.74) is 1.29. The molecule has 1 aromatic rings. The van der Waals surface area contributed by atoms with E-state index >= 15 is 0 Å². The van der Waals surface area contributed by atoms with Gasteiger partial charge in [-0.15, -0.1) is 0 Å². The van der Waals surface area contributed by atoms with Gasteiger partial charge in [0.2, 0.25) is 0 Å². The van der Waals surface area contributed by atoms with E-state index in [1.165, 1.54) is 0 Å². The molecule has 0 radical (unpaired) electrons. The van der Waals surface area contributed by atoms with Crippen molar-refractivity contribution in [3.8, 4) is 0 Å². The molecule has 0 amide bonds. The Morgan fingerprint density at radius 3 is 2.11 bits per heavy atom. The average molecular weight is 255 g/mol. The van der Waals surface area contributed by atoms with E-state index in [2.05, 4.69) is 4.90 Å². The fraction of sp³-hybridized carbons (Fsp3) is 0.429. The van der Waals surface area contributed by atoms with Gasteiger partial charge in [0.05, 0.1) is 5.56 Å². The minimum atomic E-state index is -4.26. The Hall–Kier alpha value is -1.45. The summed E-state index contributed by atoms with van der Waals surface area (Å²) in [7, 11) is 0. The van der Waals surface area contributed by atoms with E-state index in [0.717, 1.165) is 49.3 Å². The van der Waals surface area contributed by atoms with Crippen LogP contribution in [0.5, 0.6) is 0 Å². The van der Waals surface area contributed by atoms with Crippen molar-refractivity contribution < 1.29 is 13.2 Å². The molecule has 0 spiro atoms. The summed E-state index contributed by atoms with van der Waals surface area (Å²) in [6.07, 6.45) is 0.00608. The molecule has 1 heterocycles. The molecule has 18 heavy (non-hydrogen) atoms. The molecular formula is C14H16F3N. The van der Waals surface area contributed by atoms with E-state index in [-0.39, 0.29) is 0 Å². The van der Waals surface area contributed by atoms with Gasteiger partial charge in [0.1, 0.15) is 0 Å². The molecule has 2 rings (SSSR count). The van der Waals surface area contributed by atoms with Crippen LogP contribution >= 0.6 is 0 Å². The number of allylic oxidation sites excluding steroid dienone is 1. The van der Waals surface area contributed by atoms with Crippen molar-refractivity contribution in [2.75, 3.05) is 13.1 Å². The van der Waals surface area contributed by atoms with Crippen LogP contribution in [0.2, 0.25) is 0 Å². The van der Waals surface area contributed by atoms with Crippen LogP contribution < -0.4 is 0 Å². The van der Waals surface area contributed by atoms with Gasteiger partial charge >= 0.3 is 6.18 Å². The van der Waals surface area contributed by atoms with Crippen molar-refractivity contribution in [3.05, 3.63) is 41.5 Å². The largest absolute Gasteiger partial charge is 0.416 e. The molecule has 0 atom stereocenters. The van der Waals surface area contributed by atoms with Gasteiger partial charge in [-0.05, 0) is 37.5 Å². The van der Waals surface area contributed by atoms with Gasteiger partial charge in [-0.2, -0.15) is 13.2 Å².